The highest BCUT2D eigenvalue weighted by atomic mass is 32.1. The average Bonchev–Trinajstić information content (AvgIpc) is 2.04. The number of hydrogen-bond donors (Lipinski definition) is 1. The minimum atomic E-state index is -0.142. The first-order chi connectivity index (χ1) is 7.18. The van der Waals surface area contributed by atoms with Gasteiger partial charge in [0.05, 0.1) is 0 Å². The van der Waals surface area contributed by atoms with E-state index < -0.39 is 0 Å². The molecule has 0 bridgehead atoms. The molecule has 2 heteroatoms. The third kappa shape index (κ3) is 4.93. The Labute approximate surface area is 105 Å². The fourth-order valence-corrected chi connectivity index (χ4v) is 2.30. The van der Waals surface area contributed by atoms with Crippen LogP contribution in [0.5, 0.6) is 5.75 Å². The lowest BCUT2D eigenvalue weighted by Gasteiger charge is -2.33. The minimum Gasteiger partial charge on any atom is -0.488 e. The number of thiol groups is 1. The van der Waals surface area contributed by atoms with Crippen LogP contribution in [0.25, 0.3) is 0 Å². The van der Waals surface area contributed by atoms with Gasteiger partial charge in [0.2, 0.25) is 0 Å². The Morgan fingerprint density at radius 1 is 1.00 bits per heavy atom. The van der Waals surface area contributed by atoms with Crippen LogP contribution in [0.2, 0.25) is 0 Å². The van der Waals surface area contributed by atoms with Gasteiger partial charge in [0.25, 0.3) is 0 Å². The topological polar surface area (TPSA) is 9.23 Å². The average molecular weight is 238 g/mol. The Bertz CT molecular complexity index is 333. The summed E-state index contributed by atoms with van der Waals surface area (Å²) >= 11 is 4.26. The maximum Gasteiger partial charge on any atom is 0.120 e. The van der Waals surface area contributed by atoms with Crippen LogP contribution in [-0.2, 0) is 0 Å². The molecule has 16 heavy (non-hydrogen) atoms. The molecule has 0 aromatic heterocycles. The molecule has 1 nitrogen and oxygen atoms in total. The summed E-state index contributed by atoms with van der Waals surface area (Å²) in [6.45, 7) is 11.0. The van der Waals surface area contributed by atoms with Gasteiger partial charge in [0, 0.05) is 4.90 Å². The maximum atomic E-state index is 6.00. The van der Waals surface area contributed by atoms with E-state index in [4.69, 9.17) is 4.74 Å². The lowest BCUT2D eigenvalue weighted by atomic mass is 9.83. The van der Waals surface area contributed by atoms with Crippen molar-refractivity contribution in [3.05, 3.63) is 24.3 Å². The molecule has 0 aliphatic rings. The second-order valence-electron chi connectivity index (χ2n) is 6.09. The third-order valence-electron chi connectivity index (χ3n) is 2.19. The number of benzene rings is 1. The molecular weight excluding hydrogens is 216 g/mol. The molecule has 1 aromatic rings. The van der Waals surface area contributed by atoms with Crippen LogP contribution < -0.4 is 4.74 Å². The third-order valence-corrected chi connectivity index (χ3v) is 2.49. The van der Waals surface area contributed by atoms with Gasteiger partial charge in [-0.15, -0.1) is 12.6 Å². The molecule has 0 N–H and O–H groups in total. The minimum absolute atomic E-state index is 0.142. The molecule has 1 aromatic carbocycles. The Morgan fingerprint density at radius 2 is 1.50 bits per heavy atom. The van der Waals surface area contributed by atoms with E-state index in [9.17, 15) is 0 Å². The summed E-state index contributed by atoms with van der Waals surface area (Å²) in [5, 5.41) is 0. The quantitative estimate of drug-likeness (QED) is 0.759. The van der Waals surface area contributed by atoms with Crippen molar-refractivity contribution < 1.29 is 4.74 Å². The molecule has 0 radical (unpaired) electrons. The van der Waals surface area contributed by atoms with Crippen LogP contribution in [0.3, 0.4) is 0 Å². The van der Waals surface area contributed by atoms with Crippen molar-refractivity contribution in [2.75, 3.05) is 0 Å². The molecule has 0 fully saturated rings. The number of ether oxygens (including phenoxy) is 1. The molecule has 0 amide bonds. The van der Waals surface area contributed by atoms with Crippen LogP contribution in [0.4, 0.5) is 0 Å². The molecule has 0 saturated carbocycles. The predicted octanol–water partition coefficient (Wildman–Crippen LogP) is 4.57. The van der Waals surface area contributed by atoms with Crippen molar-refractivity contribution in [1.29, 1.82) is 0 Å². The van der Waals surface area contributed by atoms with E-state index in [-0.39, 0.29) is 11.0 Å². The van der Waals surface area contributed by atoms with E-state index in [0.29, 0.717) is 0 Å². The lowest BCUT2D eigenvalue weighted by Crippen LogP contribution is -2.33. The maximum absolute atomic E-state index is 6.00. The SMILES string of the molecule is CC(C)(C)CC(C)(C)Oc1ccc(S)cc1. The lowest BCUT2D eigenvalue weighted by molar-refractivity contribution is 0.0621. The monoisotopic (exact) mass is 238 g/mol. The van der Waals surface area contributed by atoms with Crippen LogP contribution in [0, 0.1) is 5.41 Å². The van der Waals surface area contributed by atoms with Gasteiger partial charge in [-0.1, -0.05) is 20.8 Å². The highest BCUT2D eigenvalue weighted by molar-refractivity contribution is 7.80. The van der Waals surface area contributed by atoms with Gasteiger partial charge < -0.3 is 4.74 Å². The zero-order valence-electron chi connectivity index (χ0n) is 10.9. The predicted molar refractivity (Wildman–Crippen MR) is 72.5 cm³/mol. The second-order valence-corrected chi connectivity index (χ2v) is 6.61. The molecule has 0 unspecified atom stereocenters. The van der Waals surface area contributed by atoms with Gasteiger partial charge in [-0.3, -0.25) is 0 Å². The Kier molecular flexibility index (Phi) is 3.95. The van der Waals surface area contributed by atoms with Gasteiger partial charge in [0.1, 0.15) is 11.4 Å². The molecule has 90 valence electrons. The highest BCUT2D eigenvalue weighted by Gasteiger charge is 2.27. The van der Waals surface area contributed by atoms with Crippen molar-refractivity contribution in [2.45, 2.75) is 51.5 Å². The number of hydrogen-bond acceptors (Lipinski definition) is 2. The smallest absolute Gasteiger partial charge is 0.120 e. The zero-order chi connectivity index (χ0) is 12.4. The molecule has 0 atom stereocenters. The van der Waals surface area contributed by atoms with E-state index >= 15 is 0 Å². The van der Waals surface area contributed by atoms with E-state index in [0.717, 1.165) is 17.1 Å². The number of rotatable bonds is 3. The van der Waals surface area contributed by atoms with Crippen molar-refractivity contribution in [1.82, 2.24) is 0 Å². The van der Waals surface area contributed by atoms with Crippen LogP contribution >= 0.6 is 12.6 Å². The van der Waals surface area contributed by atoms with Crippen LogP contribution in [0.15, 0.2) is 29.2 Å². The zero-order valence-corrected chi connectivity index (χ0v) is 11.8. The van der Waals surface area contributed by atoms with Crippen molar-refractivity contribution >= 4 is 12.6 Å². The molecule has 0 aliphatic carbocycles. The highest BCUT2D eigenvalue weighted by Crippen LogP contribution is 2.31. The van der Waals surface area contributed by atoms with Gasteiger partial charge in [-0.25, -0.2) is 0 Å². The van der Waals surface area contributed by atoms with Crippen molar-refractivity contribution in [3.63, 3.8) is 0 Å². The summed E-state index contributed by atoms with van der Waals surface area (Å²) in [5.74, 6) is 0.909. The van der Waals surface area contributed by atoms with Gasteiger partial charge >= 0.3 is 0 Å². The Hall–Kier alpha value is -0.630. The van der Waals surface area contributed by atoms with E-state index in [1.165, 1.54) is 0 Å². The first kappa shape index (κ1) is 13.4. The molecule has 1 rings (SSSR count). The Balaban J connectivity index is 2.69. The Morgan fingerprint density at radius 3 is 1.94 bits per heavy atom. The first-order valence-electron chi connectivity index (χ1n) is 5.66. The van der Waals surface area contributed by atoms with Crippen LogP contribution in [-0.4, -0.2) is 5.60 Å². The summed E-state index contributed by atoms with van der Waals surface area (Å²) < 4.78 is 6.00. The molecule has 0 heterocycles. The summed E-state index contributed by atoms with van der Waals surface area (Å²) in [4.78, 5) is 0.959. The molecule has 0 aliphatic heterocycles. The van der Waals surface area contributed by atoms with Gasteiger partial charge in [-0.05, 0) is 49.9 Å². The van der Waals surface area contributed by atoms with Crippen molar-refractivity contribution in [2.24, 2.45) is 5.41 Å². The second kappa shape index (κ2) is 4.70. The normalized spacial score (nSPS) is 12.6. The fourth-order valence-electron chi connectivity index (χ4n) is 2.15. The molecule has 0 saturated heterocycles. The summed E-state index contributed by atoms with van der Waals surface area (Å²) in [5.41, 5.74) is 0.128. The van der Waals surface area contributed by atoms with Gasteiger partial charge in [0.15, 0.2) is 0 Å². The molecular formula is C14H22OS. The fraction of sp³-hybridized carbons (Fsp3) is 0.571. The standard InChI is InChI=1S/C14H22OS/c1-13(2,3)10-14(4,5)15-11-6-8-12(16)9-7-11/h6-9,16H,10H2,1-5H3. The molecule has 0 spiro atoms. The van der Waals surface area contributed by atoms with Gasteiger partial charge in [-0.2, -0.15) is 0 Å². The van der Waals surface area contributed by atoms with Crippen LogP contribution in [0.1, 0.15) is 41.0 Å². The van der Waals surface area contributed by atoms with Crippen molar-refractivity contribution in [3.8, 4) is 5.75 Å². The van der Waals surface area contributed by atoms with E-state index in [1.807, 2.05) is 24.3 Å². The van der Waals surface area contributed by atoms with E-state index in [1.54, 1.807) is 0 Å². The first-order valence-corrected chi connectivity index (χ1v) is 6.11. The van der Waals surface area contributed by atoms with E-state index in [2.05, 4.69) is 47.2 Å². The summed E-state index contributed by atoms with van der Waals surface area (Å²) in [6.07, 6.45) is 1.02. The summed E-state index contributed by atoms with van der Waals surface area (Å²) in [6, 6.07) is 7.83. The largest absolute Gasteiger partial charge is 0.488 e. The summed E-state index contributed by atoms with van der Waals surface area (Å²) in [7, 11) is 0.